The van der Waals surface area contributed by atoms with Crippen LogP contribution in [0, 0.1) is 0 Å². The maximum absolute atomic E-state index is 5.77. The highest BCUT2D eigenvalue weighted by Crippen LogP contribution is 2.20. The Hall–Kier alpha value is -1.27. The number of nitrogens with zero attached hydrogens (tertiary/aromatic N) is 5. The Labute approximate surface area is 108 Å². The number of hydrogen-bond donors (Lipinski definition) is 1. The lowest BCUT2D eigenvalue weighted by Crippen LogP contribution is -2.32. The number of aromatic nitrogens is 3. The van der Waals surface area contributed by atoms with Crippen molar-refractivity contribution in [3.05, 3.63) is 11.6 Å². The molecule has 1 saturated heterocycles. The summed E-state index contributed by atoms with van der Waals surface area (Å²) >= 11 is 0. The summed E-state index contributed by atoms with van der Waals surface area (Å²) in [5.74, 6) is 1.91. The molecule has 1 fully saturated rings. The summed E-state index contributed by atoms with van der Waals surface area (Å²) in [7, 11) is 4.26. The van der Waals surface area contributed by atoms with Gasteiger partial charge >= 0.3 is 0 Å². The van der Waals surface area contributed by atoms with E-state index in [4.69, 9.17) is 5.73 Å². The van der Waals surface area contributed by atoms with Crippen LogP contribution in [0.4, 0.5) is 5.95 Å². The summed E-state index contributed by atoms with van der Waals surface area (Å²) in [5, 5.41) is 0. The average Bonchev–Trinajstić information content (AvgIpc) is 2.50. The summed E-state index contributed by atoms with van der Waals surface area (Å²) in [4.78, 5) is 17.6. The first-order chi connectivity index (χ1) is 8.60. The molecule has 2 heterocycles. The van der Waals surface area contributed by atoms with Gasteiger partial charge < -0.3 is 10.6 Å². The molecular weight excluding hydrogens is 228 g/mol. The van der Waals surface area contributed by atoms with Crippen molar-refractivity contribution in [2.24, 2.45) is 0 Å². The molecule has 18 heavy (non-hydrogen) atoms. The number of anilines is 1. The lowest BCUT2D eigenvalue weighted by molar-refractivity contribution is 0.219. The molecule has 1 aromatic heterocycles. The number of rotatable bonds is 2. The van der Waals surface area contributed by atoms with Gasteiger partial charge in [-0.05, 0) is 33.6 Å². The first-order valence-corrected chi connectivity index (χ1v) is 6.49. The molecule has 100 valence electrons. The van der Waals surface area contributed by atoms with Gasteiger partial charge in [-0.3, -0.25) is 4.90 Å². The van der Waals surface area contributed by atoms with Crippen LogP contribution >= 0.6 is 0 Å². The van der Waals surface area contributed by atoms with Gasteiger partial charge in [0, 0.05) is 13.0 Å². The Bertz CT molecular complexity index is 408. The number of likely N-dealkylation sites (N-methyl/N-ethyl adjacent to an activating group) is 2. The summed E-state index contributed by atoms with van der Waals surface area (Å²) in [5.41, 5.74) is 5.77. The number of nitrogens with two attached hydrogens (primary N) is 1. The van der Waals surface area contributed by atoms with Crippen LogP contribution < -0.4 is 5.73 Å². The van der Waals surface area contributed by atoms with E-state index in [0.717, 1.165) is 37.7 Å². The molecule has 0 bridgehead atoms. The predicted octanol–water partition coefficient (Wildman–Crippen LogP) is 0.325. The third-order valence-electron chi connectivity index (χ3n) is 3.40. The van der Waals surface area contributed by atoms with E-state index in [-0.39, 0.29) is 6.04 Å². The first-order valence-electron chi connectivity index (χ1n) is 6.49. The van der Waals surface area contributed by atoms with Gasteiger partial charge in [0.2, 0.25) is 5.95 Å². The lowest BCUT2D eigenvalue weighted by atomic mass is 10.2. The molecule has 6 heteroatoms. The Balaban J connectivity index is 2.29. The van der Waals surface area contributed by atoms with Crippen molar-refractivity contribution >= 4 is 5.95 Å². The van der Waals surface area contributed by atoms with E-state index in [0.29, 0.717) is 5.95 Å². The van der Waals surface area contributed by atoms with Gasteiger partial charge in [-0.1, -0.05) is 6.92 Å². The van der Waals surface area contributed by atoms with E-state index < -0.39 is 0 Å². The van der Waals surface area contributed by atoms with E-state index in [1.165, 1.54) is 6.42 Å². The second-order valence-corrected chi connectivity index (χ2v) is 4.93. The standard InChI is InChI=1S/C12H22N6/c1-4-10-14-11(16-12(13)15-10)9-8-17(2)6-5-7-18(9)3/h9H,4-8H2,1-3H3,(H2,13,14,15,16). The molecule has 1 atom stereocenters. The van der Waals surface area contributed by atoms with Crippen LogP contribution in [0.3, 0.4) is 0 Å². The second-order valence-electron chi connectivity index (χ2n) is 4.93. The summed E-state index contributed by atoms with van der Waals surface area (Å²) in [6.45, 7) is 5.13. The molecule has 0 amide bonds. The van der Waals surface area contributed by atoms with Crippen LogP contribution in [-0.4, -0.2) is 58.5 Å². The molecule has 0 saturated carbocycles. The van der Waals surface area contributed by atoms with Crippen molar-refractivity contribution in [3.63, 3.8) is 0 Å². The summed E-state index contributed by atoms with van der Waals surface area (Å²) in [6.07, 6.45) is 1.96. The molecule has 2 N–H and O–H groups in total. The largest absolute Gasteiger partial charge is 0.368 e. The minimum Gasteiger partial charge on any atom is -0.368 e. The van der Waals surface area contributed by atoms with Crippen LogP contribution in [0.1, 0.15) is 31.0 Å². The SMILES string of the molecule is CCc1nc(N)nc(C2CN(C)CCCN2C)n1. The van der Waals surface area contributed by atoms with Gasteiger partial charge in [0.1, 0.15) is 5.82 Å². The molecule has 1 aliphatic heterocycles. The van der Waals surface area contributed by atoms with Crippen LogP contribution in [-0.2, 0) is 6.42 Å². The third kappa shape index (κ3) is 2.94. The minimum atomic E-state index is 0.202. The molecule has 1 unspecified atom stereocenters. The van der Waals surface area contributed by atoms with Crippen LogP contribution in [0.15, 0.2) is 0 Å². The van der Waals surface area contributed by atoms with Crippen LogP contribution in [0.5, 0.6) is 0 Å². The van der Waals surface area contributed by atoms with Gasteiger partial charge in [-0.2, -0.15) is 9.97 Å². The van der Waals surface area contributed by atoms with E-state index in [9.17, 15) is 0 Å². The molecule has 0 radical (unpaired) electrons. The predicted molar refractivity (Wildman–Crippen MR) is 71.1 cm³/mol. The van der Waals surface area contributed by atoms with Crippen LogP contribution in [0.2, 0.25) is 0 Å². The Morgan fingerprint density at radius 1 is 1.22 bits per heavy atom. The molecule has 1 aliphatic rings. The molecule has 0 aromatic carbocycles. The van der Waals surface area contributed by atoms with E-state index in [1.807, 2.05) is 6.92 Å². The lowest BCUT2D eigenvalue weighted by Gasteiger charge is -2.26. The molecule has 1 aromatic rings. The molecule has 2 rings (SSSR count). The van der Waals surface area contributed by atoms with Gasteiger partial charge in [0.25, 0.3) is 0 Å². The highest BCUT2D eigenvalue weighted by molar-refractivity contribution is 5.17. The number of aryl methyl sites for hydroxylation is 1. The molecule has 0 spiro atoms. The van der Waals surface area contributed by atoms with Gasteiger partial charge in [0.05, 0.1) is 6.04 Å². The van der Waals surface area contributed by atoms with Crippen molar-refractivity contribution in [3.8, 4) is 0 Å². The fourth-order valence-electron chi connectivity index (χ4n) is 2.31. The van der Waals surface area contributed by atoms with Crippen LogP contribution in [0.25, 0.3) is 0 Å². The zero-order valence-electron chi connectivity index (χ0n) is 11.4. The van der Waals surface area contributed by atoms with Crippen molar-refractivity contribution < 1.29 is 0 Å². The average molecular weight is 250 g/mol. The maximum atomic E-state index is 5.77. The number of nitrogen functional groups attached to an aromatic ring is 1. The van der Waals surface area contributed by atoms with E-state index in [1.54, 1.807) is 0 Å². The van der Waals surface area contributed by atoms with Crippen molar-refractivity contribution in [1.29, 1.82) is 0 Å². The molecule has 6 nitrogen and oxygen atoms in total. The zero-order chi connectivity index (χ0) is 13.1. The number of hydrogen-bond acceptors (Lipinski definition) is 6. The molecular formula is C12H22N6. The Morgan fingerprint density at radius 2 is 2.00 bits per heavy atom. The highest BCUT2D eigenvalue weighted by atomic mass is 15.2. The fourth-order valence-corrected chi connectivity index (χ4v) is 2.31. The monoisotopic (exact) mass is 250 g/mol. The smallest absolute Gasteiger partial charge is 0.223 e. The van der Waals surface area contributed by atoms with E-state index in [2.05, 4.69) is 38.8 Å². The fraction of sp³-hybridized carbons (Fsp3) is 0.750. The van der Waals surface area contributed by atoms with Crippen molar-refractivity contribution in [2.75, 3.05) is 39.5 Å². The first kappa shape index (κ1) is 13.2. The van der Waals surface area contributed by atoms with Gasteiger partial charge in [-0.15, -0.1) is 0 Å². The maximum Gasteiger partial charge on any atom is 0.223 e. The van der Waals surface area contributed by atoms with Crippen molar-refractivity contribution in [1.82, 2.24) is 24.8 Å². The third-order valence-corrected chi connectivity index (χ3v) is 3.40. The topological polar surface area (TPSA) is 71.2 Å². The Morgan fingerprint density at radius 3 is 2.72 bits per heavy atom. The van der Waals surface area contributed by atoms with Gasteiger partial charge in [-0.25, -0.2) is 4.98 Å². The van der Waals surface area contributed by atoms with Gasteiger partial charge in [0.15, 0.2) is 5.82 Å². The molecule has 0 aliphatic carbocycles. The zero-order valence-corrected chi connectivity index (χ0v) is 11.4. The highest BCUT2D eigenvalue weighted by Gasteiger charge is 2.25. The van der Waals surface area contributed by atoms with E-state index >= 15 is 0 Å². The Kier molecular flexibility index (Phi) is 4.08. The second kappa shape index (κ2) is 5.58. The quantitative estimate of drug-likeness (QED) is 0.815. The summed E-state index contributed by atoms with van der Waals surface area (Å²) < 4.78 is 0. The normalized spacial score (nSPS) is 22.9. The minimum absolute atomic E-state index is 0.202. The van der Waals surface area contributed by atoms with Crippen molar-refractivity contribution in [2.45, 2.75) is 25.8 Å². The summed E-state index contributed by atoms with van der Waals surface area (Å²) in [6, 6.07) is 0.202.